The number of carbonyl (C=O) groups is 18. The van der Waals surface area contributed by atoms with Crippen LogP contribution in [0.5, 0.6) is 5.75 Å². The normalized spacial score (nSPS) is 15.6. The number of primary amides is 1. The van der Waals surface area contributed by atoms with Crippen molar-refractivity contribution in [2.75, 3.05) is 13.1 Å². The molecule has 12 amide bonds. The van der Waals surface area contributed by atoms with Gasteiger partial charge in [-0.3, -0.25) is 86.1 Å². The van der Waals surface area contributed by atoms with Gasteiger partial charge in [0.2, 0.25) is 70.9 Å². The van der Waals surface area contributed by atoms with Crippen LogP contribution in [0.1, 0.15) is 135 Å². The van der Waals surface area contributed by atoms with E-state index in [-0.39, 0.29) is 44.2 Å². The van der Waals surface area contributed by atoms with E-state index in [0.29, 0.717) is 5.56 Å². The van der Waals surface area contributed by atoms with E-state index >= 15 is 0 Å². The Morgan fingerprint density at radius 3 is 1.29 bits per heavy atom. The highest BCUT2D eigenvalue weighted by atomic mass is 32.3. The number of carboxylic acids is 6. The Kier molecular flexibility index (Phi) is 37.4. The first-order valence-electron chi connectivity index (χ1n) is 34.0. The van der Waals surface area contributed by atoms with Gasteiger partial charge in [0.15, 0.2) is 0 Å². The number of carboxylic acid groups (broad SMARTS) is 6. The van der Waals surface area contributed by atoms with Gasteiger partial charge in [-0.1, -0.05) is 76.6 Å². The molecule has 0 saturated carbocycles. The summed E-state index contributed by atoms with van der Waals surface area (Å²) >= 11 is 0. The molecule has 0 spiro atoms. The molecule has 1 aliphatic heterocycles. The molecule has 3 rings (SSSR count). The Morgan fingerprint density at radius 2 is 0.880 bits per heavy atom. The lowest BCUT2D eigenvalue weighted by molar-refractivity contribution is -0.144. The third kappa shape index (κ3) is 32.9. The lowest BCUT2D eigenvalue weighted by Gasteiger charge is -2.33. The Hall–Kier alpha value is -11.4. The van der Waals surface area contributed by atoms with Crippen LogP contribution in [-0.2, 0) is 110 Å². The number of nitrogens with two attached hydrogens (primary N) is 2. The number of hydrogen-bond acceptors (Lipinski definition) is 22. The number of rotatable bonds is 49. The summed E-state index contributed by atoms with van der Waals surface area (Å²) in [6.45, 7) is 5.47. The van der Waals surface area contributed by atoms with Gasteiger partial charge in [-0.05, 0) is 86.5 Å². The molecule has 41 nitrogen and oxygen atoms in total. The minimum Gasteiger partial charge on any atom is -0.481 e. The standard InChI is InChI=1S/C66H93N13O28S/c1-5-34(4)55(78-59(95)41(21-26-53(88)89)71-56(92)38(18-23-50(82)83)72-61(97)44(29-35-10-7-6-8-11-35)77-63(99)46(31-54(90)91)69-49(81)32-67)65(101)79-27-9-12-47(79)64(100)73-40(20-25-52(86)87)57(93)70-39(19-24-51(84)85)58(94)76-45(30-36-13-15-37(16-14-36)107-108(104,105)106)62(98)75-43(28-33(2)3)60(96)74-42(66(102)103)17-22-48(68)80/h6-8,10-11,13-16,33-34,38-47,55H,5,9,12,17-32,67H2,1-4H3,(H2,68,80)(H,69,81)(H,70,93)(H,71,92)(H,72,97)(H,73,100)(H,74,96)(H,75,98)(H,76,94)(H,77,99)(H,78,95)(H,82,83)(H,84,85)(H,86,87)(H,88,89)(H,90,91)(H,102,103)(H,104,105,106). The van der Waals surface area contributed by atoms with Crippen LogP contribution in [-0.4, -0.2) is 235 Å². The topological polar surface area (TPSA) is 668 Å². The monoisotopic (exact) mass is 1550 g/mol. The van der Waals surface area contributed by atoms with Gasteiger partial charge in [-0.25, -0.2) is 4.79 Å². The van der Waals surface area contributed by atoms with Crippen molar-refractivity contribution < 1.29 is 134 Å². The minimum absolute atomic E-state index is 0.0821. The van der Waals surface area contributed by atoms with Gasteiger partial charge in [-0.2, -0.15) is 8.42 Å². The molecule has 2 aromatic rings. The number of benzene rings is 2. The molecule has 0 radical (unpaired) electrons. The molecule has 12 unspecified atom stereocenters. The maximum absolute atomic E-state index is 14.9. The zero-order valence-electron chi connectivity index (χ0n) is 59.4. The van der Waals surface area contributed by atoms with Crippen LogP contribution in [0.4, 0.5) is 0 Å². The highest BCUT2D eigenvalue weighted by molar-refractivity contribution is 7.81. The minimum atomic E-state index is -5.04. The summed E-state index contributed by atoms with van der Waals surface area (Å²) in [6, 6.07) is -7.12. The number of aliphatic carboxylic acids is 6. The number of carbonyl (C=O) groups excluding carboxylic acids is 12. The number of amides is 12. The zero-order chi connectivity index (χ0) is 81.3. The Morgan fingerprint density at radius 1 is 0.491 bits per heavy atom. The SMILES string of the molecule is CCC(C)C(NC(=O)C(CCC(=O)O)NC(=O)C(CCC(=O)O)NC(=O)C(Cc1ccccc1)NC(=O)C(CC(=O)O)NC(=O)CN)C(=O)N1CCCC1C(=O)NC(CCC(=O)O)C(=O)NC(CCC(=O)O)C(=O)NC(Cc1ccc(OS(=O)(=O)O)cc1)C(=O)NC(CC(C)C)C(=O)NC(CCC(N)=O)C(=O)O. The molecule has 1 aliphatic rings. The van der Waals surface area contributed by atoms with Crippen LogP contribution in [0, 0.1) is 11.8 Å². The molecule has 0 aliphatic carbocycles. The van der Waals surface area contributed by atoms with Gasteiger partial charge >= 0.3 is 46.2 Å². The molecule has 2 aromatic carbocycles. The fourth-order valence-corrected chi connectivity index (χ4v) is 11.3. The average molecular weight is 1550 g/mol. The third-order valence-corrected chi connectivity index (χ3v) is 17.1. The van der Waals surface area contributed by atoms with Gasteiger partial charge in [0.1, 0.15) is 72.2 Å². The number of hydrogen-bond donors (Lipinski definition) is 19. The first-order chi connectivity index (χ1) is 50.6. The van der Waals surface area contributed by atoms with Crippen molar-refractivity contribution in [2.24, 2.45) is 23.3 Å². The molecule has 108 heavy (non-hydrogen) atoms. The lowest BCUT2D eigenvalue weighted by Crippen LogP contribution is -2.61. The van der Waals surface area contributed by atoms with Crippen molar-refractivity contribution in [3.05, 3.63) is 65.7 Å². The van der Waals surface area contributed by atoms with Crippen LogP contribution in [0.25, 0.3) is 0 Å². The summed E-state index contributed by atoms with van der Waals surface area (Å²) in [6.07, 6.45) is -9.25. The predicted octanol–water partition coefficient (Wildman–Crippen LogP) is -4.17. The molecule has 42 heteroatoms. The smallest absolute Gasteiger partial charge is 0.446 e. The first kappa shape index (κ1) is 90.8. The van der Waals surface area contributed by atoms with Gasteiger partial charge in [0.25, 0.3) is 0 Å². The largest absolute Gasteiger partial charge is 0.481 e. The van der Waals surface area contributed by atoms with E-state index in [1.54, 1.807) is 39.0 Å². The quantitative estimate of drug-likeness (QED) is 0.0280. The molecule has 0 aromatic heterocycles. The van der Waals surface area contributed by atoms with Crippen molar-refractivity contribution in [1.82, 2.24) is 58.1 Å². The Bertz CT molecular complexity index is 3700. The molecule has 1 saturated heterocycles. The van der Waals surface area contributed by atoms with E-state index in [4.69, 9.17) is 11.5 Å². The molecule has 0 bridgehead atoms. The second kappa shape index (κ2) is 44.5. The van der Waals surface area contributed by atoms with E-state index in [9.17, 15) is 130 Å². The predicted molar refractivity (Wildman–Crippen MR) is 370 cm³/mol. The molecule has 1 heterocycles. The summed E-state index contributed by atoms with van der Waals surface area (Å²) in [5, 5.41) is 81.6. The van der Waals surface area contributed by atoms with Gasteiger partial charge < -0.3 is 104 Å². The maximum Gasteiger partial charge on any atom is 0.446 e. The number of nitrogens with one attached hydrogen (secondary N) is 10. The Balaban J connectivity index is 2.02. The fourth-order valence-electron chi connectivity index (χ4n) is 10.9. The van der Waals surface area contributed by atoms with E-state index < -0.39 is 285 Å². The second-order valence-corrected chi connectivity index (χ2v) is 26.7. The van der Waals surface area contributed by atoms with Crippen molar-refractivity contribution in [1.29, 1.82) is 0 Å². The maximum atomic E-state index is 14.9. The highest BCUT2D eigenvalue weighted by Crippen LogP contribution is 2.24. The molecular weight excluding hydrogens is 1450 g/mol. The van der Waals surface area contributed by atoms with Crippen molar-refractivity contribution >= 4 is 117 Å². The van der Waals surface area contributed by atoms with Gasteiger partial charge in [0, 0.05) is 51.5 Å². The summed E-state index contributed by atoms with van der Waals surface area (Å²) in [4.78, 5) is 240. The van der Waals surface area contributed by atoms with Crippen LogP contribution < -0.4 is 68.8 Å². The zero-order valence-corrected chi connectivity index (χ0v) is 60.2. The van der Waals surface area contributed by atoms with Crippen molar-refractivity contribution in [3.8, 4) is 5.75 Å². The van der Waals surface area contributed by atoms with Gasteiger partial charge in [0.05, 0.1) is 13.0 Å². The summed E-state index contributed by atoms with van der Waals surface area (Å²) in [7, 11) is -5.04. The summed E-state index contributed by atoms with van der Waals surface area (Å²) in [5.41, 5.74) is 11.0. The van der Waals surface area contributed by atoms with Crippen LogP contribution in [0.3, 0.4) is 0 Å². The van der Waals surface area contributed by atoms with E-state index in [0.717, 1.165) is 17.0 Å². The molecule has 1 fully saturated rings. The number of nitrogens with zero attached hydrogens (tertiary/aromatic N) is 1. The lowest BCUT2D eigenvalue weighted by atomic mass is 9.96. The van der Waals surface area contributed by atoms with Gasteiger partial charge in [-0.15, -0.1) is 0 Å². The molecule has 21 N–H and O–H groups in total. The summed E-state index contributed by atoms with van der Waals surface area (Å²) in [5.74, 6) is -24.5. The fraction of sp³-hybridized carbons (Fsp3) is 0.545. The summed E-state index contributed by atoms with van der Waals surface area (Å²) < 4.78 is 36.5. The van der Waals surface area contributed by atoms with E-state index in [2.05, 4.69) is 57.4 Å². The van der Waals surface area contributed by atoms with Crippen molar-refractivity contribution in [2.45, 2.75) is 203 Å². The first-order valence-corrected chi connectivity index (χ1v) is 35.4. The van der Waals surface area contributed by atoms with E-state index in [1.165, 1.54) is 31.2 Å². The van der Waals surface area contributed by atoms with Crippen LogP contribution in [0.2, 0.25) is 0 Å². The number of likely N-dealkylation sites (tertiary alicyclic amines) is 1. The second-order valence-electron chi connectivity index (χ2n) is 25.7. The van der Waals surface area contributed by atoms with E-state index in [1.807, 2.05) is 0 Å². The average Bonchev–Trinajstić information content (AvgIpc) is 1.60. The van der Waals surface area contributed by atoms with Crippen LogP contribution in [0.15, 0.2) is 54.6 Å². The Labute approximate surface area is 618 Å². The van der Waals surface area contributed by atoms with Crippen molar-refractivity contribution in [3.63, 3.8) is 0 Å². The molecule has 12 atom stereocenters. The molecular formula is C66H93N13O28S. The van der Waals surface area contributed by atoms with Crippen LogP contribution >= 0.6 is 0 Å². The highest BCUT2D eigenvalue weighted by Gasteiger charge is 2.43. The molecule has 596 valence electrons. The third-order valence-electron chi connectivity index (χ3n) is 16.7.